The summed E-state index contributed by atoms with van der Waals surface area (Å²) in [5, 5.41) is 2.56. The van der Waals surface area contributed by atoms with Gasteiger partial charge < -0.3 is 9.47 Å². The molecule has 0 saturated heterocycles. The number of anilines is 3. The number of hydrogen-bond donors (Lipinski definition) is 0. The summed E-state index contributed by atoms with van der Waals surface area (Å²) in [6.45, 7) is 0. The Bertz CT molecular complexity index is 3960. The summed E-state index contributed by atoms with van der Waals surface area (Å²) >= 11 is 0. The SMILES string of the molecule is c1ccc(-c2cccc(N(c3ccc(-c4ccccc4)c(-c4ccccc4)c3)c3ccccc3-c3ccc4c(c3)C3(c5ccccc5-4)c4ccccc4-n4c5ccccc5c5cccc3c54)c2)cc1. The first-order valence-electron chi connectivity index (χ1n) is 23.9. The molecule has 1 spiro atoms. The normalized spacial score (nSPS) is 14.1. The van der Waals surface area contributed by atoms with E-state index in [1.165, 1.54) is 99.8 Å². The maximum absolute atomic E-state index is 2.52. The highest BCUT2D eigenvalue weighted by atomic mass is 15.1. The van der Waals surface area contributed by atoms with Crippen molar-refractivity contribution in [1.29, 1.82) is 0 Å². The van der Waals surface area contributed by atoms with Crippen LogP contribution in [-0.4, -0.2) is 4.57 Å². The van der Waals surface area contributed by atoms with Gasteiger partial charge in [-0.2, -0.15) is 0 Å². The Morgan fingerprint density at radius 1 is 0.290 bits per heavy atom. The molecule has 2 aliphatic rings. The Kier molecular flexibility index (Phi) is 8.84. The average molecular weight is 877 g/mol. The summed E-state index contributed by atoms with van der Waals surface area (Å²) in [6, 6.07) is 98.7. The Morgan fingerprint density at radius 3 is 1.67 bits per heavy atom. The lowest BCUT2D eigenvalue weighted by atomic mass is 9.65. The molecule has 2 heteroatoms. The predicted octanol–water partition coefficient (Wildman–Crippen LogP) is 17.6. The van der Waals surface area contributed by atoms with Crippen LogP contribution >= 0.6 is 0 Å². The van der Waals surface area contributed by atoms with Gasteiger partial charge in [-0.3, -0.25) is 0 Å². The Labute approximate surface area is 402 Å². The van der Waals surface area contributed by atoms with Gasteiger partial charge in [0.1, 0.15) is 0 Å². The zero-order valence-corrected chi connectivity index (χ0v) is 37.8. The smallest absolute Gasteiger partial charge is 0.0754 e. The lowest BCUT2D eigenvalue weighted by Gasteiger charge is -2.39. The van der Waals surface area contributed by atoms with Crippen molar-refractivity contribution in [2.45, 2.75) is 5.41 Å². The second-order valence-electron chi connectivity index (χ2n) is 18.4. The van der Waals surface area contributed by atoms with E-state index in [1.54, 1.807) is 0 Å². The molecule has 12 aromatic rings. The molecule has 1 aliphatic heterocycles. The van der Waals surface area contributed by atoms with Crippen molar-refractivity contribution in [1.82, 2.24) is 4.57 Å². The molecule has 2 nitrogen and oxygen atoms in total. The summed E-state index contributed by atoms with van der Waals surface area (Å²) in [7, 11) is 0. The van der Waals surface area contributed by atoms with Crippen molar-refractivity contribution >= 4 is 38.9 Å². The minimum Gasteiger partial charge on any atom is -0.310 e. The number of hydrogen-bond acceptors (Lipinski definition) is 1. The Hall–Kier alpha value is -8.98. The number of nitrogens with zero attached hydrogens (tertiary/aromatic N) is 2. The van der Waals surface area contributed by atoms with Crippen LogP contribution in [0.25, 0.3) is 83.1 Å². The van der Waals surface area contributed by atoms with Gasteiger partial charge in [-0.15, -0.1) is 0 Å². The van der Waals surface area contributed by atoms with Crippen LogP contribution in [0.3, 0.4) is 0 Å². The van der Waals surface area contributed by atoms with Crippen LogP contribution in [0.15, 0.2) is 267 Å². The lowest BCUT2D eigenvalue weighted by Crippen LogP contribution is -2.33. The number of para-hydroxylation sites is 4. The van der Waals surface area contributed by atoms with Gasteiger partial charge in [0.25, 0.3) is 0 Å². The number of rotatable bonds is 7. The largest absolute Gasteiger partial charge is 0.310 e. The third kappa shape index (κ3) is 5.86. The quantitative estimate of drug-likeness (QED) is 0.155. The molecule has 1 aliphatic carbocycles. The van der Waals surface area contributed by atoms with Crippen molar-refractivity contribution < 1.29 is 0 Å². The minimum absolute atomic E-state index is 0.557. The van der Waals surface area contributed by atoms with Crippen LogP contribution in [0.1, 0.15) is 22.3 Å². The summed E-state index contributed by atoms with van der Waals surface area (Å²) < 4.78 is 2.52. The maximum atomic E-state index is 2.52. The summed E-state index contributed by atoms with van der Waals surface area (Å²) in [5.41, 5.74) is 23.7. The zero-order chi connectivity index (χ0) is 45.5. The number of fused-ring (bicyclic) bond motifs is 12. The molecule has 1 unspecified atom stereocenters. The minimum atomic E-state index is -0.557. The van der Waals surface area contributed by atoms with Gasteiger partial charge >= 0.3 is 0 Å². The van der Waals surface area contributed by atoms with E-state index in [9.17, 15) is 0 Å². The van der Waals surface area contributed by atoms with Gasteiger partial charge in [-0.1, -0.05) is 218 Å². The van der Waals surface area contributed by atoms with Crippen LogP contribution in [0.4, 0.5) is 17.1 Å². The van der Waals surface area contributed by atoms with Crippen molar-refractivity contribution in [3.05, 3.63) is 289 Å². The van der Waals surface area contributed by atoms with E-state index >= 15 is 0 Å². The molecule has 2 heterocycles. The highest BCUT2D eigenvalue weighted by Gasteiger charge is 2.51. The Balaban J connectivity index is 1.02. The lowest BCUT2D eigenvalue weighted by molar-refractivity contribution is 0.749. The molecule has 0 N–H and O–H groups in total. The van der Waals surface area contributed by atoms with Gasteiger partial charge in [-0.25, -0.2) is 0 Å². The van der Waals surface area contributed by atoms with E-state index in [0.29, 0.717) is 0 Å². The molecule has 0 radical (unpaired) electrons. The highest BCUT2D eigenvalue weighted by molar-refractivity contribution is 6.13. The fourth-order valence-corrected chi connectivity index (χ4v) is 11.9. The van der Waals surface area contributed by atoms with Crippen LogP contribution < -0.4 is 4.90 Å². The van der Waals surface area contributed by atoms with Gasteiger partial charge in [0.2, 0.25) is 0 Å². The number of aromatic nitrogens is 1. The first kappa shape index (κ1) is 39.2. The molecule has 0 amide bonds. The molecular weight excluding hydrogens is 833 g/mol. The van der Waals surface area contributed by atoms with Gasteiger partial charge in [0.15, 0.2) is 0 Å². The summed E-state index contributed by atoms with van der Waals surface area (Å²) in [4.78, 5) is 2.47. The molecular formula is C67H44N2. The van der Waals surface area contributed by atoms with Crippen LogP contribution in [0.5, 0.6) is 0 Å². The van der Waals surface area contributed by atoms with Crippen LogP contribution in [-0.2, 0) is 5.41 Å². The number of benzene rings is 11. The van der Waals surface area contributed by atoms with E-state index in [4.69, 9.17) is 0 Å². The fourth-order valence-electron chi connectivity index (χ4n) is 11.9. The topological polar surface area (TPSA) is 8.17 Å². The molecule has 1 aromatic heterocycles. The van der Waals surface area contributed by atoms with E-state index in [0.717, 1.165) is 22.6 Å². The molecule has 0 saturated carbocycles. The second kappa shape index (κ2) is 15.6. The van der Waals surface area contributed by atoms with Crippen molar-refractivity contribution in [2.24, 2.45) is 0 Å². The maximum Gasteiger partial charge on any atom is 0.0754 e. The van der Waals surface area contributed by atoms with Crippen LogP contribution in [0.2, 0.25) is 0 Å². The molecule has 1 atom stereocenters. The van der Waals surface area contributed by atoms with Gasteiger partial charge in [0.05, 0.1) is 27.8 Å². The van der Waals surface area contributed by atoms with E-state index < -0.39 is 5.41 Å². The third-order valence-corrected chi connectivity index (χ3v) is 14.8. The molecule has 0 bridgehead atoms. The van der Waals surface area contributed by atoms with Gasteiger partial charge in [0, 0.05) is 27.7 Å². The Morgan fingerprint density at radius 2 is 0.855 bits per heavy atom. The molecule has 11 aromatic carbocycles. The third-order valence-electron chi connectivity index (χ3n) is 14.8. The molecule has 0 fully saturated rings. The van der Waals surface area contributed by atoms with Crippen molar-refractivity contribution in [3.63, 3.8) is 0 Å². The van der Waals surface area contributed by atoms with Crippen LogP contribution in [0, 0.1) is 0 Å². The average Bonchev–Trinajstić information content (AvgIpc) is 3.92. The fraction of sp³-hybridized carbons (Fsp3) is 0.0149. The summed E-state index contributed by atoms with van der Waals surface area (Å²) in [5.74, 6) is 0. The molecule has 69 heavy (non-hydrogen) atoms. The second-order valence-corrected chi connectivity index (χ2v) is 18.4. The van der Waals surface area contributed by atoms with Crippen molar-refractivity contribution in [2.75, 3.05) is 4.90 Å². The molecule has 322 valence electrons. The first-order valence-corrected chi connectivity index (χ1v) is 23.9. The zero-order valence-electron chi connectivity index (χ0n) is 37.8. The van der Waals surface area contributed by atoms with E-state index in [-0.39, 0.29) is 0 Å². The summed E-state index contributed by atoms with van der Waals surface area (Å²) in [6.07, 6.45) is 0. The van der Waals surface area contributed by atoms with E-state index in [2.05, 4.69) is 276 Å². The first-order chi connectivity index (χ1) is 34.3. The van der Waals surface area contributed by atoms with E-state index in [1.807, 2.05) is 0 Å². The van der Waals surface area contributed by atoms with Crippen molar-refractivity contribution in [3.8, 4) is 61.3 Å². The predicted molar refractivity (Wildman–Crippen MR) is 288 cm³/mol. The molecule has 14 rings (SSSR count). The van der Waals surface area contributed by atoms with Gasteiger partial charge in [-0.05, 0) is 121 Å². The standard InChI is InChI=1S/C67H44N2/c1-4-20-45(21-5-1)48-26-18-27-50(42-48)68(51-39-41-52(46-22-6-2-7-23-46)58(44-51)47-24-8-3-9-25-47)63-35-15-11-28-53(63)49-38-40-55-54-29-10-13-32-59(54)67(62(55)43-49)60-33-14-17-37-65(60)69-64-36-16-12-30-56(64)57-31-19-34-61(67)66(57)69/h1-44H. The monoisotopic (exact) mass is 876 g/mol. The highest BCUT2D eigenvalue weighted by Crippen LogP contribution is 2.61.